The Bertz CT molecular complexity index is 2350. The molecule has 0 radical (unpaired) electrons. The number of benzene rings is 6. The van der Waals surface area contributed by atoms with Gasteiger partial charge in [0.1, 0.15) is 13.1 Å². The highest BCUT2D eigenvalue weighted by Crippen LogP contribution is 2.37. The predicted molar refractivity (Wildman–Crippen MR) is 209 cm³/mol. The first-order valence-electron chi connectivity index (χ1n) is 17.7. The molecule has 2 aliphatic heterocycles. The SMILES string of the molecule is O=C(O)CN(Cc1ccc(N2C(=O)c3ccccc3C2=O)cc1)c1ccc(N(CC(=O)O)Cc2ccc(N3C(=O)c4ccccc4C3=O)cc2)c2ccccc12. The van der Waals surface area contributed by atoms with Crippen molar-refractivity contribution in [3.05, 3.63) is 167 Å². The molecule has 4 amide bonds. The molecule has 0 aliphatic carbocycles. The number of carboxylic acids is 2. The van der Waals surface area contributed by atoms with E-state index in [1.54, 1.807) is 119 Å². The summed E-state index contributed by atoms with van der Waals surface area (Å²) in [7, 11) is 0. The fraction of sp³-hybridized carbons (Fsp3) is 0.0909. The van der Waals surface area contributed by atoms with Crippen LogP contribution in [0, 0.1) is 0 Å². The summed E-state index contributed by atoms with van der Waals surface area (Å²) in [5, 5.41) is 21.3. The first kappa shape index (κ1) is 35.4. The topological polar surface area (TPSA) is 156 Å². The molecule has 0 saturated heterocycles. The van der Waals surface area contributed by atoms with Crippen LogP contribution in [0.3, 0.4) is 0 Å². The van der Waals surface area contributed by atoms with Gasteiger partial charge in [-0.15, -0.1) is 0 Å². The Labute approximate surface area is 320 Å². The van der Waals surface area contributed by atoms with Crippen molar-refractivity contribution in [2.75, 3.05) is 32.7 Å². The zero-order chi connectivity index (χ0) is 39.1. The second kappa shape index (κ2) is 14.3. The van der Waals surface area contributed by atoms with Gasteiger partial charge in [0.25, 0.3) is 23.6 Å². The fourth-order valence-corrected chi connectivity index (χ4v) is 7.39. The van der Waals surface area contributed by atoms with E-state index in [1.807, 2.05) is 24.3 Å². The minimum absolute atomic E-state index is 0.177. The number of aliphatic carboxylic acids is 2. The molecular weight excluding hydrogens is 713 g/mol. The normalized spacial score (nSPS) is 13.3. The summed E-state index contributed by atoms with van der Waals surface area (Å²) in [4.78, 5) is 82.1. The highest BCUT2D eigenvalue weighted by molar-refractivity contribution is 6.35. The predicted octanol–water partition coefficient (Wildman–Crippen LogP) is 6.62. The van der Waals surface area contributed by atoms with Crippen LogP contribution in [0.1, 0.15) is 52.6 Å². The summed E-state index contributed by atoms with van der Waals surface area (Å²) >= 11 is 0. The zero-order valence-corrected chi connectivity index (χ0v) is 29.7. The van der Waals surface area contributed by atoms with Crippen molar-refractivity contribution in [1.29, 1.82) is 0 Å². The first-order chi connectivity index (χ1) is 27.1. The monoisotopic (exact) mass is 744 g/mol. The van der Waals surface area contributed by atoms with E-state index >= 15 is 0 Å². The molecule has 0 unspecified atom stereocenters. The molecule has 0 saturated carbocycles. The Balaban J connectivity index is 1.06. The molecule has 0 atom stereocenters. The van der Waals surface area contributed by atoms with Crippen LogP contribution in [0.5, 0.6) is 0 Å². The summed E-state index contributed by atoms with van der Waals surface area (Å²) in [5.74, 6) is -3.75. The Morgan fingerprint density at radius 1 is 0.429 bits per heavy atom. The molecule has 0 aromatic heterocycles. The third-order valence-corrected chi connectivity index (χ3v) is 9.94. The van der Waals surface area contributed by atoms with Crippen LogP contribution in [0.15, 0.2) is 133 Å². The molecule has 0 fully saturated rings. The minimum Gasteiger partial charge on any atom is -0.480 e. The molecule has 56 heavy (non-hydrogen) atoms. The highest BCUT2D eigenvalue weighted by Gasteiger charge is 2.37. The van der Waals surface area contributed by atoms with E-state index in [4.69, 9.17) is 0 Å². The average Bonchev–Trinajstić information content (AvgIpc) is 3.61. The molecular formula is C44H32N4O8. The van der Waals surface area contributed by atoms with E-state index in [2.05, 4.69) is 0 Å². The lowest BCUT2D eigenvalue weighted by molar-refractivity contribution is -0.136. The first-order valence-corrected chi connectivity index (χ1v) is 17.7. The van der Waals surface area contributed by atoms with Crippen molar-refractivity contribution >= 4 is 69.1 Å². The van der Waals surface area contributed by atoms with Crippen LogP contribution >= 0.6 is 0 Å². The molecule has 2 N–H and O–H groups in total. The Kier molecular flexibility index (Phi) is 9.06. The highest BCUT2D eigenvalue weighted by atomic mass is 16.4. The van der Waals surface area contributed by atoms with E-state index in [0.717, 1.165) is 20.9 Å². The molecule has 0 spiro atoms. The third kappa shape index (κ3) is 6.38. The van der Waals surface area contributed by atoms with E-state index < -0.39 is 35.6 Å². The standard InChI is InChI=1S/C44H32N4O8/c49-39(50)25-45(23-27-13-17-29(18-14-27)47-41(53)33-9-3-4-10-34(33)42(47)54)37-21-22-38(32-8-2-1-7-31(32)37)46(26-40(51)52)24-28-15-19-30(20-16-28)48-43(55)35-11-5-6-12-36(35)44(48)56/h1-22H,23-26H2,(H,49,50)(H,51,52). The number of hydrogen-bond donors (Lipinski definition) is 2. The largest absolute Gasteiger partial charge is 0.480 e. The smallest absolute Gasteiger partial charge is 0.323 e. The quantitative estimate of drug-likeness (QED) is 0.131. The van der Waals surface area contributed by atoms with E-state index in [0.29, 0.717) is 55.8 Å². The number of nitrogens with zero attached hydrogens (tertiary/aromatic N) is 4. The summed E-state index contributed by atoms with van der Waals surface area (Å²) in [5.41, 5.74) is 4.83. The van der Waals surface area contributed by atoms with E-state index in [9.17, 15) is 39.0 Å². The lowest BCUT2D eigenvalue weighted by Crippen LogP contribution is -2.31. The van der Waals surface area contributed by atoms with Gasteiger partial charge in [0.15, 0.2) is 0 Å². The molecule has 276 valence electrons. The van der Waals surface area contributed by atoms with Crippen LogP contribution in [0.25, 0.3) is 10.8 Å². The van der Waals surface area contributed by atoms with Crippen LogP contribution in [-0.4, -0.2) is 58.9 Å². The summed E-state index contributed by atoms with van der Waals surface area (Å²) in [6, 6.07) is 37.8. The number of fused-ring (bicyclic) bond motifs is 3. The summed E-state index contributed by atoms with van der Waals surface area (Å²) in [6.07, 6.45) is 0. The van der Waals surface area contributed by atoms with Gasteiger partial charge >= 0.3 is 11.9 Å². The molecule has 6 aromatic carbocycles. The maximum atomic E-state index is 13.0. The van der Waals surface area contributed by atoms with Crippen LogP contribution in [0.2, 0.25) is 0 Å². The Morgan fingerprint density at radius 2 is 0.732 bits per heavy atom. The van der Waals surface area contributed by atoms with E-state index in [1.165, 1.54) is 0 Å². The minimum atomic E-state index is -1.06. The molecule has 8 rings (SSSR count). The van der Waals surface area contributed by atoms with Crippen molar-refractivity contribution < 1.29 is 39.0 Å². The zero-order valence-electron chi connectivity index (χ0n) is 29.7. The molecule has 0 bridgehead atoms. The summed E-state index contributed by atoms with van der Waals surface area (Å²) in [6.45, 7) is -0.337. The van der Waals surface area contributed by atoms with Gasteiger partial charge in [-0.05, 0) is 71.8 Å². The number of hydrogen-bond acceptors (Lipinski definition) is 8. The van der Waals surface area contributed by atoms with Gasteiger partial charge in [-0.25, -0.2) is 9.80 Å². The van der Waals surface area contributed by atoms with Crippen molar-refractivity contribution in [3.63, 3.8) is 0 Å². The third-order valence-electron chi connectivity index (χ3n) is 9.94. The molecule has 2 heterocycles. The number of imide groups is 2. The fourth-order valence-electron chi connectivity index (χ4n) is 7.39. The van der Waals surface area contributed by atoms with Gasteiger partial charge in [0, 0.05) is 35.2 Å². The number of amides is 4. The van der Waals surface area contributed by atoms with Gasteiger partial charge < -0.3 is 20.0 Å². The Morgan fingerprint density at radius 3 is 1.04 bits per heavy atom. The number of carboxylic acid groups (broad SMARTS) is 2. The van der Waals surface area contributed by atoms with Crippen LogP contribution in [-0.2, 0) is 22.7 Å². The lowest BCUT2D eigenvalue weighted by Gasteiger charge is -2.29. The van der Waals surface area contributed by atoms with Gasteiger partial charge in [0.05, 0.1) is 33.6 Å². The molecule has 6 aromatic rings. The van der Waals surface area contributed by atoms with Gasteiger partial charge in [-0.3, -0.25) is 28.8 Å². The van der Waals surface area contributed by atoms with Crippen molar-refractivity contribution in [2.24, 2.45) is 0 Å². The second-order valence-corrected chi connectivity index (χ2v) is 13.5. The number of carbonyl (C=O) groups excluding carboxylic acids is 4. The molecule has 12 nitrogen and oxygen atoms in total. The second-order valence-electron chi connectivity index (χ2n) is 13.5. The van der Waals surface area contributed by atoms with Crippen molar-refractivity contribution in [1.82, 2.24) is 0 Å². The Hall–Kier alpha value is -7.60. The molecule has 12 heteroatoms. The lowest BCUT2D eigenvalue weighted by atomic mass is 10.0. The van der Waals surface area contributed by atoms with Gasteiger partial charge in [-0.2, -0.15) is 0 Å². The average molecular weight is 745 g/mol. The number of carbonyl (C=O) groups is 6. The maximum absolute atomic E-state index is 13.0. The van der Waals surface area contributed by atoms with Crippen LogP contribution < -0.4 is 19.6 Å². The van der Waals surface area contributed by atoms with Crippen molar-refractivity contribution in [2.45, 2.75) is 13.1 Å². The van der Waals surface area contributed by atoms with Gasteiger partial charge in [-0.1, -0.05) is 72.8 Å². The van der Waals surface area contributed by atoms with Gasteiger partial charge in [0.2, 0.25) is 0 Å². The van der Waals surface area contributed by atoms with Crippen LogP contribution in [0.4, 0.5) is 22.7 Å². The molecule has 2 aliphatic rings. The number of anilines is 4. The van der Waals surface area contributed by atoms with Crippen molar-refractivity contribution in [3.8, 4) is 0 Å². The summed E-state index contributed by atoms with van der Waals surface area (Å²) < 4.78 is 0. The van der Waals surface area contributed by atoms with E-state index in [-0.39, 0.29) is 26.2 Å². The number of rotatable bonds is 12. The maximum Gasteiger partial charge on any atom is 0.323 e.